The lowest BCUT2D eigenvalue weighted by molar-refractivity contribution is 0.658. The smallest absolute Gasteiger partial charge is 0.273 e. The molecule has 0 unspecified atom stereocenters. The second-order valence-corrected chi connectivity index (χ2v) is 3.78. The van der Waals surface area contributed by atoms with Crippen molar-refractivity contribution in [1.82, 2.24) is 15.2 Å². The molecular weight excluding hydrogens is 186 g/mol. The van der Waals surface area contributed by atoms with Gasteiger partial charge in [-0.15, -0.1) is 0 Å². The van der Waals surface area contributed by atoms with E-state index in [0.717, 1.165) is 12.8 Å². The maximum Gasteiger partial charge on any atom is 0.273 e. The lowest BCUT2D eigenvalue weighted by atomic mass is 10.1. The number of aromatic amines is 2. The van der Waals surface area contributed by atoms with Crippen molar-refractivity contribution >= 4 is 12.2 Å². The van der Waals surface area contributed by atoms with Crippen LogP contribution in [0.2, 0.25) is 0 Å². The molecule has 0 saturated heterocycles. The molecule has 70 valence electrons. The van der Waals surface area contributed by atoms with Crippen molar-refractivity contribution in [3.63, 3.8) is 0 Å². The number of H-pyrrole nitrogens is 2. The maximum atomic E-state index is 11.4. The van der Waals surface area contributed by atoms with Gasteiger partial charge in [0.2, 0.25) is 0 Å². The van der Waals surface area contributed by atoms with E-state index in [9.17, 15) is 4.79 Å². The predicted molar refractivity (Wildman–Crippen MR) is 51.3 cm³/mol. The summed E-state index contributed by atoms with van der Waals surface area (Å²) in [5, 5.41) is 6.61. The van der Waals surface area contributed by atoms with E-state index in [2.05, 4.69) is 15.2 Å². The van der Waals surface area contributed by atoms with Gasteiger partial charge in [0.1, 0.15) is 5.69 Å². The van der Waals surface area contributed by atoms with Crippen LogP contribution in [0.1, 0.15) is 37.3 Å². The molecule has 2 N–H and O–H groups in total. The zero-order chi connectivity index (χ0) is 9.26. The van der Waals surface area contributed by atoms with Gasteiger partial charge in [0.05, 0.1) is 0 Å². The van der Waals surface area contributed by atoms with E-state index in [1.807, 2.05) is 0 Å². The van der Waals surface area contributed by atoms with Gasteiger partial charge in [-0.1, -0.05) is 12.8 Å². The second-order valence-electron chi connectivity index (χ2n) is 3.37. The standard InChI is InChI=1S/C8H11N3OS/c12-7-6(5-3-1-2-4-5)10-11-8(13)9-7/h5H,1-4H2,(H2,9,11,12,13). The Morgan fingerprint density at radius 2 is 2.08 bits per heavy atom. The Balaban J connectivity index is 2.40. The molecule has 0 aromatic carbocycles. The summed E-state index contributed by atoms with van der Waals surface area (Å²) in [5.41, 5.74) is 0.488. The molecule has 1 saturated carbocycles. The molecule has 0 atom stereocenters. The van der Waals surface area contributed by atoms with E-state index < -0.39 is 0 Å². The Morgan fingerprint density at radius 1 is 1.38 bits per heavy atom. The van der Waals surface area contributed by atoms with Gasteiger partial charge in [0, 0.05) is 5.92 Å². The highest BCUT2D eigenvalue weighted by molar-refractivity contribution is 7.71. The minimum absolute atomic E-state index is 0.129. The van der Waals surface area contributed by atoms with Crippen LogP contribution >= 0.6 is 12.2 Å². The molecule has 1 heterocycles. The molecule has 0 spiro atoms. The highest BCUT2D eigenvalue weighted by Crippen LogP contribution is 2.30. The van der Waals surface area contributed by atoms with Crippen LogP contribution in [0, 0.1) is 4.77 Å². The first kappa shape index (κ1) is 8.62. The predicted octanol–water partition coefficient (Wildman–Crippen LogP) is 1.49. The van der Waals surface area contributed by atoms with Gasteiger partial charge in [-0.05, 0) is 25.1 Å². The number of nitrogens with one attached hydrogen (secondary N) is 2. The van der Waals surface area contributed by atoms with E-state index in [0.29, 0.717) is 16.4 Å². The molecule has 1 fully saturated rings. The zero-order valence-electron chi connectivity index (χ0n) is 7.17. The van der Waals surface area contributed by atoms with Crippen molar-refractivity contribution in [3.05, 3.63) is 20.8 Å². The van der Waals surface area contributed by atoms with Crippen molar-refractivity contribution in [2.75, 3.05) is 0 Å². The van der Waals surface area contributed by atoms with Gasteiger partial charge >= 0.3 is 0 Å². The molecule has 1 aliphatic rings. The Morgan fingerprint density at radius 3 is 2.69 bits per heavy atom. The number of aromatic nitrogens is 3. The lowest BCUT2D eigenvalue weighted by Crippen LogP contribution is -2.18. The minimum Gasteiger partial charge on any atom is -0.296 e. The SMILES string of the molecule is O=c1[nH]c(=S)[nH]nc1C1CCCC1. The summed E-state index contributed by atoms with van der Waals surface area (Å²) in [7, 11) is 0. The molecule has 4 nitrogen and oxygen atoms in total. The lowest BCUT2D eigenvalue weighted by Gasteiger charge is -2.04. The second kappa shape index (κ2) is 3.41. The van der Waals surface area contributed by atoms with E-state index >= 15 is 0 Å². The molecule has 5 heteroatoms. The van der Waals surface area contributed by atoms with Gasteiger partial charge in [-0.25, -0.2) is 0 Å². The van der Waals surface area contributed by atoms with Crippen LogP contribution in [-0.2, 0) is 0 Å². The number of rotatable bonds is 1. The zero-order valence-corrected chi connectivity index (χ0v) is 7.99. The molecule has 2 rings (SSSR count). The van der Waals surface area contributed by atoms with E-state index in [4.69, 9.17) is 12.2 Å². The fourth-order valence-corrected chi connectivity index (χ4v) is 1.97. The monoisotopic (exact) mass is 197 g/mol. The third-order valence-electron chi connectivity index (χ3n) is 2.48. The summed E-state index contributed by atoms with van der Waals surface area (Å²) in [4.78, 5) is 14.0. The van der Waals surface area contributed by atoms with Crippen LogP contribution in [0.5, 0.6) is 0 Å². The summed E-state index contributed by atoms with van der Waals surface area (Å²) in [6.07, 6.45) is 4.53. The molecule has 0 bridgehead atoms. The average molecular weight is 197 g/mol. The molecule has 0 aliphatic heterocycles. The molecule has 1 aromatic heterocycles. The van der Waals surface area contributed by atoms with E-state index in [1.165, 1.54) is 12.8 Å². The van der Waals surface area contributed by atoms with Gasteiger partial charge in [-0.3, -0.25) is 14.9 Å². The number of hydrogen-bond acceptors (Lipinski definition) is 3. The Bertz CT molecular complexity index is 402. The third-order valence-corrected chi connectivity index (χ3v) is 2.67. The average Bonchev–Trinajstić information content (AvgIpc) is 2.56. The summed E-state index contributed by atoms with van der Waals surface area (Å²) < 4.78 is 0.298. The molecule has 1 aromatic rings. The van der Waals surface area contributed by atoms with Crippen LogP contribution in [0.4, 0.5) is 0 Å². The van der Waals surface area contributed by atoms with Gasteiger partial charge in [-0.2, -0.15) is 5.10 Å². The first-order chi connectivity index (χ1) is 6.27. The van der Waals surface area contributed by atoms with Crippen LogP contribution in [-0.4, -0.2) is 15.2 Å². The van der Waals surface area contributed by atoms with Crippen molar-refractivity contribution < 1.29 is 0 Å². The molecular formula is C8H11N3OS. The van der Waals surface area contributed by atoms with Crippen molar-refractivity contribution in [2.45, 2.75) is 31.6 Å². The topological polar surface area (TPSA) is 61.5 Å². The van der Waals surface area contributed by atoms with Gasteiger partial charge < -0.3 is 0 Å². The number of nitrogens with zero attached hydrogens (tertiary/aromatic N) is 1. The third kappa shape index (κ3) is 1.70. The summed E-state index contributed by atoms with van der Waals surface area (Å²) >= 11 is 4.76. The molecule has 0 amide bonds. The van der Waals surface area contributed by atoms with Crippen molar-refractivity contribution in [3.8, 4) is 0 Å². The molecule has 1 aliphatic carbocycles. The van der Waals surface area contributed by atoms with E-state index in [-0.39, 0.29) is 5.56 Å². The van der Waals surface area contributed by atoms with E-state index in [1.54, 1.807) is 0 Å². The Hall–Kier alpha value is -0.970. The highest BCUT2D eigenvalue weighted by Gasteiger charge is 2.21. The highest BCUT2D eigenvalue weighted by atomic mass is 32.1. The van der Waals surface area contributed by atoms with Crippen molar-refractivity contribution in [2.24, 2.45) is 0 Å². The van der Waals surface area contributed by atoms with Crippen LogP contribution < -0.4 is 5.56 Å². The first-order valence-corrected chi connectivity index (χ1v) is 4.87. The minimum atomic E-state index is -0.129. The number of hydrogen-bond donors (Lipinski definition) is 2. The Labute approximate surface area is 80.4 Å². The summed E-state index contributed by atoms with van der Waals surface area (Å²) in [6, 6.07) is 0. The van der Waals surface area contributed by atoms with Crippen LogP contribution in [0.3, 0.4) is 0 Å². The fraction of sp³-hybridized carbons (Fsp3) is 0.625. The largest absolute Gasteiger partial charge is 0.296 e. The summed E-state index contributed by atoms with van der Waals surface area (Å²) in [5.74, 6) is 0.329. The van der Waals surface area contributed by atoms with Crippen LogP contribution in [0.25, 0.3) is 0 Å². The van der Waals surface area contributed by atoms with Gasteiger partial charge in [0.15, 0.2) is 4.77 Å². The quantitative estimate of drug-likeness (QED) is 0.670. The Kier molecular flexibility index (Phi) is 2.26. The fourth-order valence-electron chi connectivity index (χ4n) is 1.83. The van der Waals surface area contributed by atoms with Crippen molar-refractivity contribution in [1.29, 1.82) is 0 Å². The first-order valence-electron chi connectivity index (χ1n) is 4.46. The normalized spacial score (nSPS) is 17.8. The van der Waals surface area contributed by atoms with Crippen LogP contribution in [0.15, 0.2) is 4.79 Å². The summed E-state index contributed by atoms with van der Waals surface area (Å²) in [6.45, 7) is 0. The molecule has 13 heavy (non-hydrogen) atoms. The maximum absolute atomic E-state index is 11.4. The molecule has 0 radical (unpaired) electrons. The van der Waals surface area contributed by atoms with Gasteiger partial charge in [0.25, 0.3) is 5.56 Å².